The van der Waals surface area contributed by atoms with E-state index in [1.807, 2.05) is 6.07 Å². The number of hydrogen-bond donors (Lipinski definition) is 0. The van der Waals surface area contributed by atoms with Crippen LogP contribution in [0.2, 0.25) is 0 Å². The first-order chi connectivity index (χ1) is 9.26. The second-order valence-corrected chi connectivity index (χ2v) is 8.10. The Bertz CT molecular complexity index is 657. The molecule has 1 heterocycles. The summed E-state index contributed by atoms with van der Waals surface area (Å²) < 4.78 is 27.1. The molecular weight excluding hydrogens is 272 g/mol. The van der Waals surface area contributed by atoms with E-state index in [0.717, 1.165) is 12.8 Å². The maximum atomic E-state index is 12.8. The highest BCUT2D eigenvalue weighted by atomic mass is 32.2. The van der Waals surface area contributed by atoms with E-state index in [2.05, 4.69) is 13.8 Å². The predicted octanol–water partition coefficient (Wildman–Crippen LogP) is 2.68. The molecule has 0 radical (unpaired) electrons. The third-order valence-electron chi connectivity index (χ3n) is 3.80. The topological polar surface area (TPSA) is 61.2 Å². The number of sulfonamides is 1. The highest BCUT2D eigenvalue weighted by Crippen LogP contribution is 2.32. The van der Waals surface area contributed by atoms with Gasteiger partial charge in [0.05, 0.1) is 16.5 Å². The van der Waals surface area contributed by atoms with E-state index in [4.69, 9.17) is 5.26 Å². The molecule has 0 amide bonds. The Morgan fingerprint density at radius 2 is 2.05 bits per heavy atom. The number of benzene rings is 1. The average Bonchev–Trinajstić information content (AvgIpc) is 2.38. The fraction of sp³-hybridized carbons (Fsp3) is 0.533. The van der Waals surface area contributed by atoms with Gasteiger partial charge in [-0.3, -0.25) is 0 Å². The molecule has 1 aliphatic rings. The maximum absolute atomic E-state index is 12.8. The molecule has 0 aromatic heterocycles. The van der Waals surface area contributed by atoms with Crippen molar-refractivity contribution in [3.05, 3.63) is 29.3 Å². The molecule has 1 aliphatic heterocycles. The van der Waals surface area contributed by atoms with Crippen LogP contribution in [0.3, 0.4) is 0 Å². The van der Waals surface area contributed by atoms with Crippen molar-refractivity contribution >= 4 is 10.0 Å². The zero-order valence-corrected chi connectivity index (χ0v) is 13.0. The molecule has 108 valence electrons. The smallest absolute Gasteiger partial charge is 0.207 e. The van der Waals surface area contributed by atoms with Crippen molar-refractivity contribution in [1.29, 1.82) is 5.26 Å². The third-order valence-corrected chi connectivity index (χ3v) is 5.79. The molecule has 1 fully saturated rings. The Morgan fingerprint density at radius 1 is 1.35 bits per heavy atom. The van der Waals surface area contributed by atoms with Crippen molar-refractivity contribution in [3.63, 3.8) is 0 Å². The van der Waals surface area contributed by atoms with Gasteiger partial charge >= 0.3 is 0 Å². The van der Waals surface area contributed by atoms with Crippen molar-refractivity contribution in [3.8, 4) is 6.07 Å². The Hall–Kier alpha value is -1.38. The van der Waals surface area contributed by atoms with Crippen molar-refractivity contribution in [2.24, 2.45) is 5.41 Å². The number of nitrogens with zero attached hydrogens (tertiary/aromatic N) is 2. The van der Waals surface area contributed by atoms with Gasteiger partial charge in [-0.25, -0.2) is 8.42 Å². The standard InChI is InChI=1S/C15H20N2O2S/c1-12-5-6-13(10-16)9-14(12)20(18,19)17-8-4-7-15(2,3)11-17/h5-6,9H,4,7-8,11H2,1-3H3. The van der Waals surface area contributed by atoms with Crippen LogP contribution in [-0.4, -0.2) is 25.8 Å². The Labute approximate surface area is 121 Å². The molecule has 0 bridgehead atoms. The molecule has 5 heteroatoms. The van der Waals surface area contributed by atoms with E-state index in [1.165, 1.54) is 6.07 Å². The molecule has 4 nitrogen and oxygen atoms in total. The molecule has 0 aliphatic carbocycles. The van der Waals surface area contributed by atoms with Crippen LogP contribution in [0.15, 0.2) is 23.1 Å². The summed E-state index contributed by atoms with van der Waals surface area (Å²) in [5.74, 6) is 0. The highest BCUT2D eigenvalue weighted by Gasteiger charge is 2.34. The summed E-state index contributed by atoms with van der Waals surface area (Å²) >= 11 is 0. The van der Waals surface area contributed by atoms with Crippen molar-refractivity contribution < 1.29 is 8.42 Å². The van der Waals surface area contributed by atoms with Gasteiger partial charge in [0.2, 0.25) is 10.0 Å². The second kappa shape index (κ2) is 5.19. The van der Waals surface area contributed by atoms with Gasteiger partial charge in [-0.15, -0.1) is 0 Å². The molecule has 0 N–H and O–H groups in total. The van der Waals surface area contributed by atoms with Crippen LogP contribution in [0.4, 0.5) is 0 Å². The Morgan fingerprint density at radius 3 is 2.65 bits per heavy atom. The van der Waals surface area contributed by atoms with Gasteiger partial charge in [0.25, 0.3) is 0 Å². The second-order valence-electron chi connectivity index (χ2n) is 6.20. The van der Waals surface area contributed by atoms with Crippen molar-refractivity contribution in [1.82, 2.24) is 4.31 Å². The minimum absolute atomic E-state index is 0.00602. The molecule has 1 aromatic rings. The van der Waals surface area contributed by atoms with E-state index in [-0.39, 0.29) is 10.3 Å². The summed E-state index contributed by atoms with van der Waals surface area (Å²) in [5.41, 5.74) is 1.07. The molecule has 1 aromatic carbocycles. The van der Waals surface area contributed by atoms with Crippen LogP contribution >= 0.6 is 0 Å². The normalized spacial score (nSPS) is 19.5. The fourth-order valence-electron chi connectivity index (χ4n) is 2.66. The zero-order valence-electron chi connectivity index (χ0n) is 12.2. The molecule has 1 saturated heterocycles. The summed E-state index contributed by atoms with van der Waals surface area (Å²) in [5, 5.41) is 8.95. The third kappa shape index (κ3) is 2.87. The summed E-state index contributed by atoms with van der Waals surface area (Å²) in [6, 6.07) is 6.82. The number of aryl methyl sites for hydroxylation is 1. The SMILES string of the molecule is Cc1ccc(C#N)cc1S(=O)(=O)N1CCCC(C)(C)C1. The molecule has 0 saturated carbocycles. The molecule has 0 unspecified atom stereocenters. The fourth-order valence-corrected chi connectivity index (χ4v) is 4.58. The molecule has 0 atom stereocenters. The summed E-state index contributed by atoms with van der Waals surface area (Å²) in [6.45, 7) is 7.04. The Kier molecular flexibility index (Phi) is 3.90. The predicted molar refractivity (Wildman–Crippen MR) is 77.7 cm³/mol. The van der Waals surface area contributed by atoms with E-state index < -0.39 is 10.0 Å². The first kappa shape index (κ1) is 15.0. The van der Waals surface area contributed by atoms with Gasteiger partial charge in [-0.05, 0) is 42.9 Å². The lowest BCUT2D eigenvalue weighted by Crippen LogP contribution is -2.43. The van der Waals surface area contributed by atoms with Gasteiger partial charge in [-0.2, -0.15) is 9.57 Å². The number of piperidine rings is 1. The lowest BCUT2D eigenvalue weighted by Gasteiger charge is -2.37. The van der Waals surface area contributed by atoms with Gasteiger partial charge in [0, 0.05) is 13.1 Å². The number of nitriles is 1. The lowest BCUT2D eigenvalue weighted by molar-refractivity contribution is 0.187. The van der Waals surface area contributed by atoms with E-state index in [9.17, 15) is 8.42 Å². The number of rotatable bonds is 2. The van der Waals surface area contributed by atoms with Crippen LogP contribution in [-0.2, 0) is 10.0 Å². The average molecular weight is 292 g/mol. The van der Waals surface area contributed by atoms with Gasteiger partial charge in [0.15, 0.2) is 0 Å². The van der Waals surface area contributed by atoms with Crippen LogP contribution < -0.4 is 0 Å². The molecular formula is C15H20N2O2S. The number of hydrogen-bond acceptors (Lipinski definition) is 3. The Balaban J connectivity index is 2.43. The minimum Gasteiger partial charge on any atom is -0.207 e. The van der Waals surface area contributed by atoms with Gasteiger partial charge in [-0.1, -0.05) is 19.9 Å². The quantitative estimate of drug-likeness (QED) is 0.842. The van der Waals surface area contributed by atoms with E-state index in [0.29, 0.717) is 24.2 Å². The van der Waals surface area contributed by atoms with E-state index in [1.54, 1.807) is 23.4 Å². The van der Waals surface area contributed by atoms with Crippen LogP contribution in [0.1, 0.15) is 37.8 Å². The van der Waals surface area contributed by atoms with Crippen LogP contribution in [0.5, 0.6) is 0 Å². The highest BCUT2D eigenvalue weighted by molar-refractivity contribution is 7.89. The molecule has 20 heavy (non-hydrogen) atoms. The maximum Gasteiger partial charge on any atom is 0.243 e. The van der Waals surface area contributed by atoms with Gasteiger partial charge in [0.1, 0.15) is 0 Å². The lowest BCUT2D eigenvalue weighted by atomic mass is 9.85. The summed E-state index contributed by atoms with van der Waals surface area (Å²) in [6.07, 6.45) is 1.92. The van der Waals surface area contributed by atoms with Crippen molar-refractivity contribution in [2.45, 2.75) is 38.5 Å². The monoisotopic (exact) mass is 292 g/mol. The largest absolute Gasteiger partial charge is 0.243 e. The van der Waals surface area contributed by atoms with Crippen LogP contribution in [0.25, 0.3) is 0 Å². The van der Waals surface area contributed by atoms with E-state index >= 15 is 0 Å². The molecule has 2 rings (SSSR count). The minimum atomic E-state index is -3.51. The molecule has 0 spiro atoms. The zero-order chi connectivity index (χ0) is 15.0. The van der Waals surface area contributed by atoms with Crippen molar-refractivity contribution in [2.75, 3.05) is 13.1 Å². The first-order valence-electron chi connectivity index (χ1n) is 6.77. The summed E-state index contributed by atoms with van der Waals surface area (Å²) in [7, 11) is -3.51. The first-order valence-corrected chi connectivity index (χ1v) is 8.21. The van der Waals surface area contributed by atoms with Crippen LogP contribution in [0, 0.1) is 23.7 Å². The summed E-state index contributed by atoms with van der Waals surface area (Å²) in [4.78, 5) is 0.259. The van der Waals surface area contributed by atoms with Gasteiger partial charge < -0.3 is 0 Å².